The van der Waals surface area contributed by atoms with E-state index in [1.807, 2.05) is 0 Å². The average molecular weight is 395 g/mol. The van der Waals surface area contributed by atoms with Gasteiger partial charge in [0.25, 0.3) is 0 Å². The van der Waals surface area contributed by atoms with Gasteiger partial charge in [0.1, 0.15) is 24.7 Å². The molecule has 0 bridgehead atoms. The average Bonchev–Trinajstić information content (AvgIpc) is 2.45. The predicted octanol–water partition coefficient (Wildman–Crippen LogP) is -1.59. The van der Waals surface area contributed by atoms with Crippen LogP contribution in [0.3, 0.4) is 0 Å². The molecule has 2 aromatic heterocycles. The molecular formula is C12H10CdO8. The zero-order valence-corrected chi connectivity index (χ0v) is 14.8. The molecule has 9 heteroatoms. The van der Waals surface area contributed by atoms with Crippen LogP contribution >= 0.6 is 0 Å². The van der Waals surface area contributed by atoms with E-state index in [0.717, 1.165) is 24.7 Å². The van der Waals surface area contributed by atoms with Crippen molar-refractivity contribution in [1.82, 2.24) is 0 Å². The Kier molecular flexibility index (Phi) is 8.57. The molecule has 0 aliphatic rings. The van der Waals surface area contributed by atoms with Crippen molar-refractivity contribution in [1.29, 1.82) is 0 Å². The Morgan fingerprint density at radius 2 is 1.19 bits per heavy atom. The molecule has 0 saturated carbocycles. The van der Waals surface area contributed by atoms with Crippen LogP contribution in [-0.4, -0.2) is 10.2 Å². The van der Waals surface area contributed by atoms with Gasteiger partial charge in [-0.1, -0.05) is 0 Å². The van der Waals surface area contributed by atoms with Crippen LogP contribution in [0.15, 0.2) is 43.1 Å². The van der Waals surface area contributed by atoms with Gasteiger partial charge in [-0.15, -0.1) is 0 Å². The Bertz CT molecular complexity index is 616. The van der Waals surface area contributed by atoms with Gasteiger partial charge in [0, 0.05) is 12.1 Å². The van der Waals surface area contributed by atoms with Gasteiger partial charge in [-0.3, -0.25) is 9.59 Å². The summed E-state index contributed by atoms with van der Waals surface area (Å²) in [5.74, 6) is -1.19. The van der Waals surface area contributed by atoms with E-state index >= 15 is 0 Å². The number of rotatable bonds is 2. The predicted molar refractivity (Wildman–Crippen MR) is 60.7 cm³/mol. The third-order valence-electron chi connectivity index (χ3n) is 2.02. The van der Waals surface area contributed by atoms with Crippen LogP contribution in [0.4, 0.5) is 0 Å². The molecule has 0 aliphatic heterocycles. The number of hydrogen-bond acceptors (Lipinski definition) is 8. The van der Waals surface area contributed by atoms with Crippen molar-refractivity contribution in [3.8, 4) is 11.5 Å². The fourth-order valence-electron chi connectivity index (χ4n) is 1.04. The van der Waals surface area contributed by atoms with E-state index < -0.39 is 22.4 Å². The molecule has 108 valence electrons. The van der Waals surface area contributed by atoms with Crippen LogP contribution in [0.5, 0.6) is 11.5 Å². The van der Waals surface area contributed by atoms with Gasteiger partial charge in [0.15, 0.2) is 10.9 Å². The summed E-state index contributed by atoms with van der Waals surface area (Å²) in [5.41, 5.74) is -1.31. The van der Waals surface area contributed by atoms with Crippen molar-refractivity contribution in [2.75, 3.05) is 0 Å². The molecule has 2 rings (SSSR count). The monoisotopic (exact) mass is 396 g/mol. The van der Waals surface area contributed by atoms with Crippen molar-refractivity contribution >= 4 is 0 Å². The first-order chi connectivity index (χ1) is 9.47. The molecular weight excluding hydrogens is 385 g/mol. The van der Waals surface area contributed by atoms with E-state index in [0.29, 0.717) is 0 Å². The van der Waals surface area contributed by atoms with Crippen molar-refractivity contribution < 1.29 is 56.6 Å². The smallest absolute Gasteiger partial charge is 0.868 e. The largest absolute Gasteiger partial charge is 2.00 e. The van der Waals surface area contributed by atoms with Gasteiger partial charge in [-0.05, 0) is 11.5 Å². The summed E-state index contributed by atoms with van der Waals surface area (Å²) in [5, 5.41) is 37.6. The molecule has 2 aromatic rings. The molecule has 0 aliphatic carbocycles. The second-order valence-electron chi connectivity index (χ2n) is 3.47. The summed E-state index contributed by atoms with van der Waals surface area (Å²) in [7, 11) is 0. The van der Waals surface area contributed by atoms with Gasteiger partial charge >= 0.3 is 27.3 Å². The third-order valence-corrected chi connectivity index (χ3v) is 2.02. The summed E-state index contributed by atoms with van der Waals surface area (Å²) < 4.78 is 9.05. The van der Waals surface area contributed by atoms with Crippen molar-refractivity contribution in [2.45, 2.75) is 13.2 Å². The van der Waals surface area contributed by atoms with Crippen LogP contribution in [0.2, 0.25) is 0 Å². The zero-order valence-electron chi connectivity index (χ0n) is 10.8. The summed E-state index contributed by atoms with van der Waals surface area (Å²) in [6.45, 7) is -0.731. The summed E-state index contributed by atoms with van der Waals surface area (Å²) in [4.78, 5) is 21.0. The first-order valence-corrected chi connectivity index (χ1v) is 5.27. The molecule has 0 saturated heterocycles. The molecule has 2 N–H and O–H groups in total. The normalized spacial score (nSPS) is 9.24. The Hall–Kier alpha value is -1.66. The quantitative estimate of drug-likeness (QED) is 0.579. The number of aliphatic hydroxyl groups is 2. The maximum absolute atomic E-state index is 10.5. The Morgan fingerprint density at radius 1 is 0.857 bits per heavy atom. The van der Waals surface area contributed by atoms with E-state index in [2.05, 4.69) is 8.83 Å². The van der Waals surface area contributed by atoms with E-state index in [1.165, 1.54) is 0 Å². The minimum absolute atomic E-state index is 0. The van der Waals surface area contributed by atoms with Crippen LogP contribution in [0.25, 0.3) is 0 Å². The molecule has 0 fully saturated rings. The van der Waals surface area contributed by atoms with E-state index in [4.69, 9.17) is 10.2 Å². The fourth-order valence-corrected chi connectivity index (χ4v) is 1.04. The van der Waals surface area contributed by atoms with Crippen molar-refractivity contribution in [3.05, 3.63) is 56.6 Å². The fraction of sp³-hybridized carbons (Fsp3) is 0.167. The van der Waals surface area contributed by atoms with Crippen molar-refractivity contribution in [2.24, 2.45) is 0 Å². The topological polar surface area (TPSA) is 147 Å². The van der Waals surface area contributed by atoms with Gasteiger partial charge in [-0.2, -0.15) is 0 Å². The molecule has 0 radical (unpaired) electrons. The zero-order chi connectivity index (χ0) is 15.1. The standard InChI is InChI=1S/2C6H6O4.Cd/c2*7-2-4-1-5(8)6(9)3-10-4;/h2*1,3,7,9H,2H2;/q;;+2/p-2. The molecule has 0 aromatic carbocycles. The minimum Gasteiger partial charge on any atom is -0.868 e. The van der Waals surface area contributed by atoms with Gasteiger partial charge < -0.3 is 29.3 Å². The molecule has 0 amide bonds. The van der Waals surface area contributed by atoms with E-state index in [1.54, 1.807) is 0 Å². The Labute approximate surface area is 138 Å². The van der Waals surface area contributed by atoms with E-state index in [9.17, 15) is 19.8 Å². The number of hydrogen-bond donors (Lipinski definition) is 2. The first kappa shape index (κ1) is 19.3. The van der Waals surface area contributed by atoms with Crippen molar-refractivity contribution in [3.63, 3.8) is 0 Å². The maximum atomic E-state index is 10.5. The van der Waals surface area contributed by atoms with Crippen LogP contribution < -0.4 is 21.1 Å². The minimum atomic E-state index is -0.697. The second kappa shape index (κ2) is 9.31. The van der Waals surface area contributed by atoms with Gasteiger partial charge in [0.05, 0.1) is 12.5 Å². The molecule has 2 heterocycles. The molecule has 0 atom stereocenters. The number of aliphatic hydroxyl groups excluding tert-OH is 2. The Balaban J connectivity index is 0.000000364. The third kappa shape index (κ3) is 6.10. The van der Waals surface area contributed by atoms with Crippen LogP contribution in [-0.2, 0) is 40.5 Å². The molecule has 21 heavy (non-hydrogen) atoms. The van der Waals surface area contributed by atoms with Gasteiger partial charge in [0.2, 0.25) is 0 Å². The Morgan fingerprint density at radius 3 is 1.43 bits per heavy atom. The molecule has 8 nitrogen and oxygen atoms in total. The van der Waals surface area contributed by atoms with E-state index in [-0.39, 0.29) is 52.0 Å². The van der Waals surface area contributed by atoms with Crippen LogP contribution in [0.1, 0.15) is 11.5 Å². The summed E-state index contributed by atoms with van der Waals surface area (Å²) in [6.07, 6.45) is 1.57. The van der Waals surface area contributed by atoms with Gasteiger partial charge in [-0.25, -0.2) is 0 Å². The first-order valence-electron chi connectivity index (χ1n) is 5.27. The van der Waals surface area contributed by atoms with Crippen LogP contribution in [0, 0.1) is 0 Å². The molecule has 0 unspecified atom stereocenters. The summed E-state index contributed by atoms with van der Waals surface area (Å²) in [6, 6.07) is 1.95. The molecule has 0 spiro atoms. The maximum Gasteiger partial charge on any atom is 2.00 e. The summed E-state index contributed by atoms with van der Waals surface area (Å²) >= 11 is 0. The SMILES string of the molecule is O=c1cc(CO)occ1[O-].O=c1cc(CO)occ1[O-].[Cd+2]. The second-order valence-corrected chi connectivity index (χ2v) is 3.47.